The van der Waals surface area contributed by atoms with Gasteiger partial charge in [0.25, 0.3) is 0 Å². The number of rotatable bonds is 0. The van der Waals surface area contributed by atoms with E-state index in [1.165, 1.54) is 0 Å². The van der Waals surface area contributed by atoms with E-state index in [1.54, 1.807) is 0 Å². The fourth-order valence-corrected chi connectivity index (χ4v) is 0.912. The lowest BCUT2D eigenvalue weighted by Gasteiger charge is -1.95. The Hall–Kier alpha value is -0.700. The van der Waals surface area contributed by atoms with Gasteiger partial charge in [0, 0.05) is 12.6 Å². The van der Waals surface area contributed by atoms with Crippen LogP contribution < -0.4 is 5.32 Å². The van der Waals surface area contributed by atoms with Crippen LogP contribution in [0.4, 0.5) is 0 Å². The summed E-state index contributed by atoms with van der Waals surface area (Å²) in [7, 11) is 0. The number of nitrogens with one attached hydrogen (secondary N) is 1. The van der Waals surface area contributed by atoms with Gasteiger partial charge in [-0.3, -0.25) is 0 Å². The van der Waals surface area contributed by atoms with Crippen molar-refractivity contribution in [2.75, 3.05) is 6.54 Å². The largest absolute Gasteiger partial charge is 0.392 e. The molecule has 1 aliphatic heterocycles. The Morgan fingerprint density at radius 2 is 2.10 bits per heavy atom. The molecule has 1 fully saturated rings. The monoisotopic (exact) mass is 145 g/mol. The molecule has 0 aromatic carbocycles. The molecule has 0 aromatic heterocycles. The minimum absolute atomic E-state index is 0.0880. The van der Waals surface area contributed by atoms with Gasteiger partial charge in [0.1, 0.15) is 0 Å². The topological polar surface area (TPSA) is 66.4 Å². The summed E-state index contributed by atoms with van der Waals surface area (Å²) in [5.41, 5.74) is 0. The van der Waals surface area contributed by atoms with Crippen LogP contribution in [0.15, 0.2) is 0 Å². The molecule has 0 aromatic rings. The maximum atomic E-state index is 8.84. The molecule has 58 valence electrons. The van der Waals surface area contributed by atoms with Crippen molar-refractivity contribution in [2.45, 2.75) is 25.5 Å². The highest BCUT2D eigenvalue weighted by atomic mass is 16.3. The smallest absolute Gasteiger partial charge is 0.373 e. The molecular formula is C6H11NO3. The first-order valence-electron chi connectivity index (χ1n) is 3.11. The zero-order valence-electron chi connectivity index (χ0n) is 5.83. The number of β-amino-alcohol motifs (C(OH)–C–C–N with tert-alkyl or cyclic N) is 1. The van der Waals surface area contributed by atoms with Crippen LogP contribution in [0, 0.1) is 0 Å². The summed E-state index contributed by atoms with van der Waals surface area (Å²) in [6, 6.07) is 0.523. The summed E-state index contributed by atoms with van der Waals surface area (Å²) in [6.45, 7) is 2.86. The maximum Gasteiger partial charge on any atom is 0.373 e. The summed E-state index contributed by atoms with van der Waals surface area (Å²) in [6.07, 6.45) is 1.08. The van der Waals surface area contributed by atoms with Crippen molar-refractivity contribution in [1.82, 2.24) is 5.32 Å². The first-order valence-corrected chi connectivity index (χ1v) is 3.11. The lowest BCUT2D eigenvalue weighted by Crippen LogP contribution is -2.17. The number of hydrogen-bond donors (Lipinski definition) is 2. The molecule has 0 amide bonds. The van der Waals surface area contributed by atoms with Crippen molar-refractivity contribution < 1.29 is 14.7 Å². The number of hydrogen-bond acceptors (Lipinski definition) is 4. The van der Waals surface area contributed by atoms with Gasteiger partial charge in [-0.15, -0.1) is 0 Å². The molecular weight excluding hydrogens is 134 g/mol. The molecule has 0 spiro atoms. The predicted molar refractivity (Wildman–Crippen MR) is 33.1 cm³/mol. The molecule has 0 bridgehead atoms. The van der Waals surface area contributed by atoms with Crippen LogP contribution in [-0.2, 0) is 9.59 Å². The zero-order chi connectivity index (χ0) is 7.98. The second-order valence-corrected chi connectivity index (χ2v) is 2.28. The fourth-order valence-electron chi connectivity index (χ4n) is 0.912. The Morgan fingerprint density at radius 1 is 1.60 bits per heavy atom. The third-order valence-electron chi connectivity index (χ3n) is 1.33. The summed E-state index contributed by atoms with van der Waals surface area (Å²) in [5, 5.41) is 12.0. The van der Waals surface area contributed by atoms with Crippen molar-refractivity contribution in [3.05, 3.63) is 0 Å². The second-order valence-electron chi connectivity index (χ2n) is 2.28. The minimum Gasteiger partial charge on any atom is -0.392 e. The van der Waals surface area contributed by atoms with E-state index < -0.39 is 0 Å². The molecule has 0 saturated carbocycles. The minimum atomic E-state index is -0.0880. The average molecular weight is 145 g/mol. The van der Waals surface area contributed by atoms with Gasteiger partial charge in [0.15, 0.2) is 0 Å². The molecule has 1 saturated heterocycles. The highest BCUT2D eigenvalue weighted by Crippen LogP contribution is 2.03. The summed E-state index contributed by atoms with van der Waals surface area (Å²) < 4.78 is 0. The van der Waals surface area contributed by atoms with E-state index in [9.17, 15) is 0 Å². The molecule has 2 atom stereocenters. The van der Waals surface area contributed by atoms with Gasteiger partial charge in [0.05, 0.1) is 6.10 Å². The quantitative estimate of drug-likeness (QED) is 0.465. The average Bonchev–Trinajstić information content (AvgIpc) is 2.17. The van der Waals surface area contributed by atoms with E-state index in [-0.39, 0.29) is 12.3 Å². The van der Waals surface area contributed by atoms with Crippen LogP contribution in [0.25, 0.3) is 0 Å². The lowest BCUT2D eigenvalue weighted by molar-refractivity contribution is -0.191. The second kappa shape index (κ2) is 5.11. The summed E-state index contributed by atoms with van der Waals surface area (Å²) in [4.78, 5) is 16.2. The van der Waals surface area contributed by atoms with Gasteiger partial charge in [-0.2, -0.15) is 9.59 Å². The van der Waals surface area contributed by atoms with Crippen LogP contribution in [0.3, 0.4) is 0 Å². The highest BCUT2D eigenvalue weighted by molar-refractivity contribution is 5.20. The van der Waals surface area contributed by atoms with Crippen molar-refractivity contribution >= 4 is 6.15 Å². The highest BCUT2D eigenvalue weighted by Gasteiger charge is 2.16. The number of carbonyl (C=O) groups excluding carboxylic acids is 2. The Labute approximate surface area is 59.2 Å². The van der Waals surface area contributed by atoms with Gasteiger partial charge in [-0.05, 0) is 13.3 Å². The van der Waals surface area contributed by atoms with Crippen LogP contribution in [-0.4, -0.2) is 29.9 Å². The van der Waals surface area contributed by atoms with Crippen molar-refractivity contribution in [2.24, 2.45) is 0 Å². The van der Waals surface area contributed by atoms with E-state index in [2.05, 4.69) is 12.2 Å². The first kappa shape index (κ1) is 9.30. The fraction of sp³-hybridized carbons (Fsp3) is 0.833. The standard InChI is InChI=1S/C5H11NO.CO2/c1-4-2-5(7)3-6-4;2-1-3/h4-7H,2-3H2,1H3;/t4-,5-;/m1./s1. The molecule has 10 heavy (non-hydrogen) atoms. The number of aliphatic hydroxyl groups is 1. The van der Waals surface area contributed by atoms with Crippen molar-refractivity contribution in [3.63, 3.8) is 0 Å². The molecule has 2 N–H and O–H groups in total. The SMILES string of the molecule is C[C@@H]1C[C@@H](O)CN1.O=C=O. The van der Waals surface area contributed by atoms with E-state index in [4.69, 9.17) is 14.7 Å². The Balaban J connectivity index is 0.000000236. The molecule has 1 rings (SSSR count). The summed E-state index contributed by atoms with van der Waals surface area (Å²) >= 11 is 0. The van der Waals surface area contributed by atoms with E-state index in [0.29, 0.717) is 6.04 Å². The van der Waals surface area contributed by atoms with Gasteiger partial charge >= 0.3 is 6.15 Å². The first-order chi connectivity index (χ1) is 4.70. The van der Waals surface area contributed by atoms with Gasteiger partial charge in [0.2, 0.25) is 0 Å². The molecule has 1 heterocycles. The Bertz CT molecular complexity index is 112. The van der Waals surface area contributed by atoms with Crippen LogP contribution in [0.2, 0.25) is 0 Å². The normalized spacial score (nSPS) is 30.2. The molecule has 4 nitrogen and oxygen atoms in total. The molecule has 4 heteroatoms. The van der Waals surface area contributed by atoms with E-state index in [0.717, 1.165) is 13.0 Å². The van der Waals surface area contributed by atoms with Crippen molar-refractivity contribution in [3.8, 4) is 0 Å². The van der Waals surface area contributed by atoms with Crippen LogP contribution in [0.5, 0.6) is 0 Å². The molecule has 0 radical (unpaired) electrons. The van der Waals surface area contributed by atoms with Crippen molar-refractivity contribution in [1.29, 1.82) is 0 Å². The Morgan fingerprint density at radius 3 is 2.20 bits per heavy atom. The third kappa shape index (κ3) is 4.21. The summed E-state index contributed by atoms with van der Waals surface area (Å²) in [5.74, 6) is 0. The predicted octanol–water partition coefficient (Wildman–Crippen LogP) is -0.854. The Kier molecular flexibility index (Phi) is 4.76. The van der Waals surface area contributed by atoms with Gasteiger partial charge in [-0.1, -0.05) is 0 Å². The van der Waals surface area contributed by atoms with Crippen LogP contribution in [0.1, 0.15) is 13.3 Å². The van der Waals surface area contributed by atoms with Crippen LogP contribution >= 0.6 is 0 Å². The molecule has 0 aliphatic carbocycles. The lowest BCUT2D eigenvalue weighted by atomic mass is 10.2. The zero-order valence-corrected chi connectivity index (χ0v) is 5.83. The third-order valence-corrected chi connectivity index (χ3v) is 1.33. The maximum absolute atomic E-state index is 8.84. The molecule has 1 aliphatic rings. The van der Waals surface area contributed by atoms with Gasteiger partial charge < -0.3 is 10.4 Å². The molecule has 0 unspecified atom stereocenters. The number of aliphatic hydroxyl groups excluding tert-OH is 1. The van der Waals surface area contributed by atoms with E-state index >= 15 is 0 Å². The van der Waals surface area contributed by atoms with E-state index in [1.807, 2.05) is 0 Å². The van der Waals surface area contributed by atoms with Gasteiger partial charge in [-0.25, -0.2) is 0 Å².